The van der Waals surface area contributed by atoms with E-state index in [1.807, 2.05) is 0 Å². The molecule has 1 aliphatic rings. The molecule has 0 bridgehead atoms. The second kappa shape index (κ2) is 5.74. The average molecular weight is 300 g/mol. The predicted octanol–water partition coefficient (Wildman–Crippen LogP) is 1.43. The van der Waals surface area contributed by atoms with Gasteiger partial charge in [0.2, 0.25) is 11.7 Å². The molecule has 104 valence electrons. The second-order valence-electron chi connectivity index (χ2n) is 3.57. The number of nitrogens with zero attached hydrogens (tertiary/aromatic N) is 3. The van der Waals surface area contributed by atoms with Crippen molar-refractivity contribution in [2.45, 2.75) is 0 Å². The van der Waals surface area contributed by atoms with E-state index >= 15 is 0 Å². The van der Waals surface area contributed by atoms with Crippen molar-refractivity contribution in [3.63, 3.8) is 0 Å². The zero-order valence-corrected chi connectivity index (χ0v) is 10.5. The number of halogens is 2. The van der Waals surface area contributed by atoms with Gasteiger partial charge < -0.3 is 5.32 Å². The first-order valence-corrected chi connectivity index (χ1v) is 6.13. The lowest BCUT2D eigenvalue weighted by molar-refractivity contribution is -0.387. The number of nitro benzene ring substituents is 1. The highest BCUT2D eigenvalue weighted by molar-refractivity contribution is 8.15. The number of amides is 1. The van der Waals surface area contributed by atoms with Gasteiger partial charge >= 0.3 is 5.69 Å². The molecule has 1 fully saturated rings. The molecule has 1 N–H and O–H groups in total. The van der Waals surface area contributed by atoms with E-state index in [1.165, 1.54) is 0 Å². The molecule has 0 aromatic heterocycles. The molecule has 1 aliphatic heterocycles. The minimum atomic E-state index is -1.27. The van der Waals surface area contributed by atoms with Crippen molar-refractivity contribution in [2.24, 2.45) is 10.2 Å². The van der Waals surface area contributed by atoms with Gasteiger partial charge in [0.15, 0.2) is 5.17 Å². The van der Waals surface area contributed by atoms with E-state index in [0.29, 0.717) is 12.1 Å². The van der Waals surface area contributed by atoms with Crippen molar-refractivity contribution in [3.05, 3.63) is 39.4 Å². The number of thioether (sulfide) groups is 1. The Morgan fingerprint density at radius 3 is 2.75 bits per heavy atom. The summed E-state index contributed by atoms with van der Waals surface area (Å²) in [4.78, 5) is 20.4. The van der Waals surface area contributed by atoms with Crippen molar-refractivity contribution >= 4 is 34.7 Å². The van der Waals surface area contributed by atoms with Crippen molar-refractivity contribution < 1.29 is 18.5 Å². The summed E-state index contributed by atoms with van der Waals surface area (Å²) in [7, 11) is 0. The Labute approximate surface area is 114 Å². The molecule has 1 aromatic carbocycles. The molecule has 1 amide bonds. The maximum atomic E-state index is 13.4. The van der Waals surface area contributed by atoms with Crippen LogP contribution in [0.1, 0.15) is 5.56 Å². The van der Waals surface area contributed by atoms with Gasteiger partial charge in [-0.05, 0) is 0 Å². The molecule has 1 aromatic rings. The third-order valence-electron chi connectivity index (χ3n) is 2.19. The first-order valence-electron chi connectivity index (χ1n) is 5.14. The van der Waals surface area contributed by atoms with Crippen LogP contribution >= 0.6 is 11.8 Å². The van der Waals surface area contributed by atoms with Crippen LogP contribution < -0.4 is 5.32 Å². The summed E-state index contributed by atoms with van der Waals surface area (Å²) in [5.41, 5.74) is -1.14. The van der Waals surface area contributed by atoms with E-state index in [9.17, 15) is 23.7 Å². The Kier molecular flexibility index (Phi) is 4.03. The lowest BCUT2D eigenvalue weighted by Gasteiger charge is -1.98. The maximum Gasteiger partial charge on any atom is 0.305 e. The van der Waals surface area contributed by atoms with Gasteiger partial charge in [-0.15, -0.1) is 5.10 Å². The zero-order valence-electron chi connectivity index (χ0n) is 9.67. The molecule has 2 rings (SSSR count). The van der Waals surface area contributed by atoms with Crippen LogP contribution in [0.25, 0.3) is 0 Å². The third kappa shape index (κ3) is 3.15. The smallest absolute Gasteiger partial charge is 0.303 e. The number of rotatable bonds is 3. The standard InChI is InChI=1S/C10H6F2N4O3S/c11-6-2-7(12)8(16(18)19)1-5(6)3-13-15-10-14-9(17)4-20-10/h1-3H,4H2,(H,14,15,17). The van der Waals surface area contributed by atoms with E-state index in [0.717, 1.165) is 18.0 Å². The third-order valence-corrected chi connectivity index (χ3v) is 3.06. The summed E-state index contributed by atoms with van der Waals surface area (Å²) < 4.78 is 26.5. The lowest BCUT2D eigenvalue weighted by atomic mass is 10.2. The Hall–Kier alpha value is -2.36. The molecule has 0 spiro atoms. The van der Waals surface area contributed by atoms with Crippen LogP contribution in [-0.2, 0) is 4.79 Å². The fourth-order valence-electron chi connectivity index (χ4n) is 1.32. The number of carbonyl (C=O) groups is 1. The normalized spacial score (nSPS) is 16.9. The van der Waals surface area contributed by atoms with Crippen molar-refractivity contribution in [3.8, 4) is 0 Å². The van der Waals surface area contributed by atoms with Gasteiger partial charge in [-0.3, -0.25) is 14.9 Å². The van der Waals surface area contributed by atoms with Gasteiger partial charge in [-0.1, -0.05) is 11.8 Å². The number of amidine groups is 1. The molecule has 0 radical (unpaired) electrons. The van der Waals surface area contributed by atoms with E-state index in [4.69, 9.17) is 0 Å². The fourth-order valence-corrected chi connectivity index (χ4v) is 1.95. The predicted molar refractivity (Wildman–Crippen MR) is 68.6 cm³/mol. The number of benzene rings is 1. The van der Waals surface area contributed by atoms with E-state index in [2.05, 4.69) is 15.5 Å². The van der Waals surface area contributed by atoms with E-state index in [-0.39, 0.29) is 22.4 Å². The lowest BCUT2D eigenvalue weighted by Crippen LogP contribution is -2.19. The summed E-state index contributed by atoms with van der Waals surface area (Å²) in [6.07, 6.45) is 0.903. The molecule has 0 saturated carbocycles. The van der Waals surface area contributed by atoms with Crippen LogP contribution in [-0.4, -0.2) is 28.0 Å². The number of nitrogens with one attached hydrogen (secondary N) is 1. The molecule has 20 heavy (non-hydrogen) atoms. The van der Waals surface area contributed by atoms with Crippen LogP contribution in [0.15, 0.2) is 22.3 Å². The molecule has 1 saturated heterocycles. The Balaban J connectivity index is 2.23. The highest BCUT2D eigenvalue weighted by atomic mass is 32.2. The average Bonchev–Trinajstić information content (AvgIpc) is 2.77. The zero-order chi connectivity index (χ0) is 14.7. The first-order chi connectivity index (χ1) is 9.47. The van der Waals surface area contributed by atoms with Crippen molar-refractivity contribution in [2.75, 3.05) is 5.75 Å². The highest BCUT2D eigenvalue weighted by Crippen LogP contribution is 2.20. The Morgan fingerprint density at radius 2 is 2.15 bits per heavy atom. The molecule has 0 unspecified atom stereocenters. The Morgan fingerprint density at radius 1 is 1.40 bits per heavy atom. The second-order valence-corrected chi connectivity index (χ2v) is 4.53. The van der Waals surface area contributed by atoms with Crippen molar-refractivity contribution in [1.29, 1.82) is 0 Å². The molecular formula is C10H6F2N4O3S. The number of hydrogen-bond acceptors (Lipinski definition) is 6. The summed E-state index contributed by atoms with van der Waals surface area (Å²) in [6, 6.07) is 1.12. The van der Waals surface area contributed by atoms with Crippen LogP contribution in [0.3, 0.4) is 0 Å². The molecule has 10 heteroatoms. The molecule has 0 aliphatic carbocycles. The van der Waals surface area contributed by atoms with Crippen LogP contribution in [0, 0.1) is 21.7 Å². The van der Waals surface area contributed by atoms with Crippen LogP contribution in [0.2, 0.25) is 0 Å². The van der Waals surface area contributed by atoms with Crippen molar-refractivity contribution in [1.82, 2.24) is 5.32 Å². The number of hydrogen-bond donors (Lipinski definition) is 1. The number of carbonyl (C=O) groups excluding carboxylic acids is 1. The fraction of sp³-hybridized carbons (Fsp3) is 0.100. The van der Waals surface area contributed by atoms with Gasteiger partial charge in [0.1, 0.15) is 5.82 Å². The summed E-state index contributed by atoms with van der Waals surface area (Å²) in [6.45, 7) is 0. The molecule has 1 heterocycles. The Bertz CT molecular complexity index is 648. The minimum absolute atomic E-state index is 0.213. The largest absolute Gasteiger partial charge is 0.305 e. The molecule has 7 nitrogen and oxygen atoms in total. The molecule has 0 atom stereocenters. The maximum absolute atomic E-state index is 13.4. The van der Waals surface area contributed by atoms with E-state index < -0.39 is 22.2 Å². The van der Waals surface area contributed by atoms with Gasteiger partial charge in [-0.25, -0.2) is 4.39 Å². The van der Waals surface area contributed by atoms with Gasteiger partial charge in [-0.2, -0.15) is 9.49 Å². The topological polar surface area (TPSA) is 97.0 Å². The number of nitro groups is 1. The minimum Gasteiger partial charge on any atom is -0.303 e. The van der Waals surface area contributed by atoms with Crippen LogP contribution in [0.4, 0.5) is 14.5 Å². The summed E-state index contributed by atoms with van der Waals surface area (Å²) in [5.74, 6) is -2.28. The quantitative estimate of drug-likeness (QED) is 0.518. The highest BCUT2D eigenvalue weighted by Gasteiger charge is 2.18. The SMILES string of the molecule is O=C1CSC(=NN=Cc2cc([N+](=O)[O-])c(F)cc2F)N1. The summed E-state index contributed by atoms with van der Waals surface area (Å²) in [5, 5.41) is 20.2. The molecular weight excluding hydrogens is 294 g/mol. The van der Waals surface area contributed by atoms with Gasteiger partial charge in [0.25, 0.3) is 0 Å². The van der Waals surface area contributed by atoms with Gasteiger partial charge in [0.05, 0.1) is 16.9 Å². The first kappa shape index (κ1) is 14.1. The van der Waals surface area contributed by atoms with Gasteiger partial charge in [0, 0.05) is 17.7 Å². The summed E-state index contributed by atoms with van der Waals surface area (Å²) >= 11 is 1.11. The monoisotopic (exact) mass is 300 g/mol. The van der Waals surface area contributed by atoms with Crippen LogP contribution in [0.5, 0.6) is 0 Å². The van der Waals surface area contributed by atoms with E-state index in [1.54, 1.807) is 0 Å².